The molecule has 4 N–H and O–H groups in total. The van der Waals surface area contributed by atoms with E-state index in [1.54, 1.807) is 0 Å². The lowest BCUT2D eigenvalue weighted by Crippen LogP contribution is -2.30. The molecule has 11 heteroatoms. The van der Waals surface area contributed by atoms with Crippen LogP contribution in [-0.4, -0.2) is 82.9 Å². The number of aliphatic hydroxyl groups is 3. The second-order valence-corrected chi connectivity index (χ2v) is 7.05. The standard InChI is InChI=1S/C17H30O6.C3H8O3.C2H4O2/c1-4-6-8-10-16(19)22-13-15(12-21-14(3)18)23-17(20)11-9-7-5-2;4-1-3(6)2-5;1-2(3)4/h15H,4-13H2,1-3H3;3-6H,1-2H2;1H3,(H,3,4). The van der Waals surface area contributed by atoms with Crippen molar-refractivity contribution in [1.82, 2.24) is 0 Å². The van der Waals surface area contributed by atoms with Crippen molar-refractivity contribution >= 4 is 23.9 Å². The lowest BCUT2D eigenvalue weighted by molar-refractivity contribution is -0.166. The van der Waals surface area contributed by atoms with Crippen molar-refractivity contribution in [2.45, 2.75) is 91.3 Å². The summed E-state index contributed by atoms with van der Waals surface area (Å²) in [6.07, 6.45) is 4.46. The van der Waals surface area contributed by atoms with Gasteiger partial charge in [0.05, 0.1) is 13.2 Å². The number of carboxylic acids is 1. The van der Waals surface area contributed by atoms with Crippen LogP contribution < -0.4 is 0 Å². The highest BCUT2D eigenvalue weighted by atomic mass is 16.6. The number of esters is 3. The summed E-state index contributed by atoms with van der Waals surface area (Å²) in [5, 5.41) is 31.4. The molecule has 0 fully saturated rings. The molecule has 0 spiro atoms. The minimum Gasteiger partial charge on any atom is -0.481 e. The van der Waals surface area contributed by atoms with Gasteiger partial charge in [0, 0.05) is 26.7 Å². The first-order valence-electron chi connectivity index (χ1n) is 11.1. The van der Waals surface area contributed by atoms with E-state index in [0.29, 0.717) is 12.8 Å². The Labute approximate surface area is 196 Å². The van der Waals surface area contributed by atoms with Crippen molar-refractivity contribution < 1.29 is 53.8 Å². The molecule has 0 amide bonds. The van der Waals surface area contributed by atoms with Crippen LogP contribution in [0.1, 0.15) is 79.1 Å². The van der Waals surface area contributed by atoms with Crippen molar-refractivity contribution in [2.75, 3.05) is 26.4 Å². The Kier molecular flexibility index (Phi) is 27.9. The van der Waals surface area contributed by atoms with Crippen LogP contribution in [0.15, 0.2) is 0 Å². The third-order valence-electron chi connectivity index (χ3n) is 3.59. The minimum atomic E-state index is -0.954. The molecule has 1 unspecified atom stereocenters. The summed E-state index contributed by atoms with van der Waals surface area (Å²) in [4.78, 5) is 43.2. The van der Waals surface area contributed by atoms with Crippen LogP contribution in [0.5, 0.6) is 0 Å². The molecule has 0 saturated heterocycles. The molecule has 0 rings (SSSR count). The number of unbranched alkanes of at least 4 members (excludes halogenated alkanes) is 4. The monoisotopic (exact) mass is 482 g/mol. The summed E-state index contributed by atoms with van der Waals surface area (Å²) >= 11 is 0. The van der Waals surface area contributed by atoms with E-state index in [2.05, 4.69) is 6.92 Å². The molecule has 0 aromatic heterocycles. The van der Waals surface area contributed by atoms with Gasteiger partial charge in [-0.25, -0.2) is 0 Å². The molecule has 33 heavy (non-hydrogen) atoms. The number of rotatable bonds is 15. The number of carbonyl (C=O) groups is 4. The van der Waals surface area contributed by atoms with E-state index in [0.717, 1.165) is 45.4 Å². The second kappa shape index (κ2) is 26.0. The van der Waals surface area contributed by atoms with E-state index < -0.39 is 24.1 Å². The smallest absolute Gasteiger partial charge is 0.306 e. The summed E-state index contributed by atoms with van der Waals surface area (Å²) in [5.41, 5.74) is 0. The Morgan fingerprint density at radius 2 is 1.18 bits per heavy atom. The highest BCUT2D eigenvalue weighted by Gasteiger charge is 2.18. The molecular weight excluding hydrogens is 440 g/mol. The van der Waals surface area contributed by atoms with Gasteiger partial charge in [0.1, 0.15) is 19.3 Å². The normalized spacial score (nSPS) is 10.7. The fourth-order valence-electron chi connectivity index (χ4n) is 1.93. The van der Waals surface area contributed by atoms with Crippen molar-refractivity contribution in [3.8, 4) is 0 Å². The van der Waals surface area contributed by atoms with E-state index >= 15 is 0 Å². The third-order valence-corrected chi connectivity index (χ3v) is 3.59. The number of carbonyl (C=O) groups excluding carboxylic acids is 3. The molecule has 0 heterocycles. The molecule has 1 atom stereocenters. The van der Waals surface area contributed by atoms with Crippen LogP contribution in [0.25, 0.3) is 0 Å². The van der Waals surface area contributed by atoms with Gasteiger partial charge < -0.3 is 34.6 Å². The van der Waals surface area contributed by atoms with Crippen LogP contribution in [0.4, 0.5) is 0 Å². The number of ether oxygens (including phenoxy) is 3. The zero-order valence-electron chi connectivity index (χ0n) is 20.3. The average molecular weight is 483 g/mol. The predicted octanol–water partition coefficient (Wildman–Crippen LogP) is 1.59. The predicted molar refractivity (Wildman–Crippen MR) is 119 cm³/mol. The second-order valence-electron chi connectivity index (χ2n) is 7.05. The molecule has 0 aliphatic rings. The Hall–Kier alpha value is -2.24. The largest absolute Gasteiger partial charge is 0.481 e. The molecule has 196 valence electrons. The maximum atomic E-state index is 11.7. The van der Waals surface area contributed by atoms with Crippen molar-refractivity contribution in [3.63, 3.8) is 0 Å². The van der Waals surface area contributed by atoms with Gasteiger partial charge in [0.25, 0.3) is 5.97 Å². The highest BCUT2D eigenvalue weighted by molar-refractivity contribution is 5.70. The Balaban J connectivity index is -0.000000747. The number of hydrogen-bond donors (Lipinski definition) is 4. The average Bonchev–Trinajstić information content (AvgIpc) is 2.75. The summed E-state index contributed by atoms with van der Waals surface area (Å²) in [6.45, 7) is 5.55. The van der Waals surface area contributed by atoms with Gasteiger partial charge in [0.2, 0.25) is 0 Å². The van der Waals surface area contributed by atoms with Gasteiger partial charge in [-0.05, 0) is 12.8 Å². The van der Waals surface area contributed by atoms with Gasteiger partial charge >= 0.3 is 17.9 Å². The molecule has 0 aromatic carbocycles. The van der Waals surface area contributed by atoms with Crippen molar-refractivity contribution in [1.29, 1.82) is 0 Å². The van der Waals surface area contributed by atoms with E-state index in [-0.39, 0.29) is 38.4 Å². The van der Waals surface area contributed by atoms with Gasteiger partial charge in [-0.15, -0.1) is 0 Å². The Morgan fingerprint density at radius 1 is 0.758 bits per heavy atom. The fourth-order valence-corrected chi connectivity index (χ4v) is 1.93. The van der Waals surface area contributed by atoms with E-state index in [4.69, 9.17) is 39.4 Å². The molecule has 11 nitrogen and oxygen atoms in total. The summed E-state index contributed by atoms with van der Waals surface area (Å²) in [5.74, 6) is -1.99. The molecule has 0 aliphatic carbocycles. The van der Waals surface area contributed by atoms with Gasteiger partial charge in [-0.1, -0.05) is 39.5 Å². The topological polar surface area (TPSA) is 177 Å². The van der Waals surface area contributed by atoms with Crippen LogP contribution >= 0.6 is 0 Å². The van der Waals surface area contributed by atoms with Gasteiger partial charge in [-0.2, -0.15) is 0 Å². The first-order valence-corrected chi connectivity index (χ1v) is 11.1. The number of aliphatic hydroxyl groups excluding tert-OH is 3. The number of aliphatic carboxylic acids is 1. The van der Waals surface area contributed by atoms with E-state index in [1.807, 2.05) is 6.92 Å². The maximum absolute atomic E-state index is 11.7. The third kappa shape index (κ3) is 34.6. The Bertz CT molecular complexity index is 501. The SMILES string of the molecule is CC(=O)O.CCCCCC(=O)OCC(COC(C)=O)OC(=O)CCCCC.OCC(O)CO. The molecule has 0 radical (unpaired) electrons. The fraction of sp³-hybridized carbons (Fsp3) is 0.818. The minimum absolute atomic E-state index is 0.0856. The van der Waals surface area contributed by atoms with Crippen LogP contribution in [0.3, 0.4) is 0 Å². The molecule has 0 aromatic rings. The quantitative estimate of drug-likeness (QED) is 0.151. The number of hydrogen-bond acceptors (Lipinski definition) is 10. The lowest BCUT2D eigenvalue weighted by Gasteiger charge is -2.17. The zero-order valence-corrected chi connectivity index (χ0v) is 20.3. The van der Waals surface area contributed by atoms with Gasteiger partial charge in [0.15, 0.2) is 6.10 Å². The summed E-state index contributed by atoms with van der Waals surface area (Å²) in [7, 11) is 0. The van der Waals surface area contributed by atoms with E-state index in [9.17, 15) is 14.4 Å². The van der Waals surface area contributed by atoms with Gasteiger partial charge in [-0.3, -0.25) is 19.2 Å². The molecular formula is C22H42O11. The highest BCUT2D eigenvalue weighted by Crippen LogP contribution is 2.06. The van der Waals surface area contributed by atoms with E-state index in [1.165, 1.54) is 6.92 Å². The maximum Gasteiger partial charge on any atom is 0.306 e. The van der Waals surface area contributed by atoms with Crippen LogP contribution in [0, 0.1) is 0 Å². The lowest BCUT2D eigenvalue weighted by atomic mass is 10.2. The summed E-state index contributed by atoms with van der Waals surface area (Å²) in [6, 6.07) is 0. The molecule has 0 bridgehead atoms. The number of carboxylic acid groups (broad SMARTS) is 1. The van der Waals surface area contributed by atoms with Crippen molar-refractivity contribution in [2.24, 2.45) is 0 Å². The first kappa shape index (κ1) is 35.4. The summed E-state index contributed by atoms with van der Waals surface area (Å²) < 4.78 is 15.2. The Morgan fingerprint density at radius 3 is 1.55 bits per heavy atom. The first-order chi connectivity index (χ1) is 15.5. The van der Waals surface area contributed by atoms with Crippen LogP contribution in [-0.2, 0) is 33.4 Å². The van der Waals surface area contributed by atoms with Crippen LogP contribution in [0.2, 0.25) is 0 Å². The molecule has 0 aliphatic heterocycles. The zero-order chi connectivity index (χ0) is 26.1. The van der Waals surface area contributed by atoms with Crippen molar-refractivity contribution in [3.05, 3.63) is 0 Å². The molecule has 0 saturated carbocycles.